The predicted molar refractivity (Wildman–Crippen MR) is 37.4 cm³/mol. The van der Waals surface area contributed by atoms with Crippen molar-refractivity contribution in [3.63, 3.8) is 0 Å². The van der Waals surface area contributed by atoms with Crippen LogP contribution in [0, 0.1) is 0 Å². The highest BCUT2D eigenvalue weighted by Gasteiger charge is 2.07. The Balaban J connectivity index is 2.37. The molecule has 0 saturated carbocycles. The maximum absolute atomic E-state index is 10.2. The van der Waals surface area contributed by atoms with E-state index in [-0.39, 0.29) is 6.10 Å². The topological polar surface area (TPSA) is 52.3 Å². The number of carbonyl (C=O) groups is 1. The molecule has 3 nitrogen and oxygen atoms in total. The summed E-state index contributed by atoms with van der Waals surface area (Å²) in [6.45, 7) is 0. The number of allylic oxidation sites excluding steroid dienone is 2. The molecule has 3 heteroatoms. The molecular formula is C7H9NO2. The average Bonchev–Trinajstić information content (AvgIpc) is 1.88. The van der Waals surface area contributed by atoms with Crippen LogP contribution >= 0.6 is 0 Å². The molecule has 1 aliphatic rings. The summed E-state index contributed by atoms with van der Waals surface area (Å²) in [7, 11) is 0. The molecular weight excluding hydrogens is 130 g/mol. The molecule has 0 saturated heterocycles. The van der Waals surface area contributed by atoms with Crippen LogP contribution in [0.1, 0.15) is 6.42 Å². The largest absolute Gasteiger partial charge is 0.442 e. The Bertz CT molecular complexity index is 184. The molecule has 0 bridgehead atoms. The van der Waals surface area contributed by atoms with Crippen LogP contribution in [0.5, 0.6) is 0 Å². The summed E-state index contributed by atoms with van der Waals surface area (Å²) in [4.78, 5) is 10.2. The second kappa shape index (κ2) is 3.06. The first-order valence-corrected chi connectivity index (χ1v) is 3.08. The molecule has 54 valence electrons. The van der Waals surface area contributed by atoms with Crippen molar-refractivity contribution >= 4 is 6.09 Å². The van der Waals surface area contributed by atoms with Gasteiger partial charge in [0.15, 0.2) is 0 Å². The Kier molecular flexibility index (Phi) is 2.10. The van der Waals surface area contributed by atoms with Crippen LogP contribution in [0.15, 0.2) is 24.3 Å². The summed E-state index contributed by atoms with van der Waals surface area (Å²) in [6, 6.07) is 0. The van der Waals surface area contributed by atoms with Gasteiger partial charge < -0.3 is 10.5 Å². The highest BCUT2D eigenvalue weighted by molar-refractivity contribution is 5.65. The van der Waals surface area contributed by atoms with Crippen molar-refractivity contribution in [1.82, 2.24) is 0 Å². The molecule has 0 aromatic heterocycles. The van der Waals surface area contributed by atoms with Crippen LogP contribution in [-0.2, 0) is 4.74 Å². The van der Waals surface area contributed by atoms with Crippen molar-refractivity contribution in [3.05, 3.63) is 24.3 Å². The average molecular weight is 139 g/mol. The Morgan fingerprint density at radius 2 is 2.40 bits per heavy atom. The normalized spacial score (nSPS) is 22.6. The van der Waals surface area contributed by atoms with E-state index in [1.807, 2.05) is 18.2 Å². The van der Waals surface area contributed by atoms with Crippen LogP contribution < -0.4 is 5.73 Å². The minimum atomic E-state index is -0.718. The third kappa shape index (κ3) is 1.93. The summed E-state index contributed by atoms with van der Waals surface area (Å²) >= 11 is 0. The highest BCUT2D eigenvalue weighted by Crippen LogP contribution is 2.06. The number of carbonyl (C=O) groups excluding carboxylic acids is 1. The minimum absolute atomic E-state index is 0.164. The van der Waals surface area contributed by atoms with Crippen molar-refractivity contribution in [2.75, 3.05) is 0 Å². The van der Waals surface area contributed by atoms with Gasteiger partial charge >= 0.3 is 6.09 Å². The maximum Gasteiger partial charge on any atom is 0.405 e. The van der Waals surface area contributed by atoms with E-state index in [1.165, 1.54) is 0 Å². The third-order valence-corrected chi connectivity index (χ3v) is 1.21. The third-order valence-electron chi connectivity index (χ3n) is 1.21. The van der Waals surface area contributed by atoms with Gasteiger partial charge in [-0.25, -0.2) is 4.79 Å². The van der Waals surface area contributed by atoms with Gasteiger partial charge in [0.2, 0.25) is 0 Å². The van der Waals surface area contributed by atoms with E-state index in [0.29, 0.717) is 0 Å². The fraction of sp³-hybridized carbons (Fsp3) is 0.286. The van der Waals surface area contributed by atoms with E-state index >= 15 is 0 Å². The SMILES string of the molecule is NC(=O)OC1C=CC=CC1. The zero-order valence-electron chi connectivity index (χ0n) is 5.49. The summed E-state index contributed by atoms with van der Waals surface area (Å²) < 4.78 is 4.69. The maximum atomic E-state index is 10.2. The van der Waals surface area contributed by atoms with Gasteiger partial charge in [-0.1, -0.05) is 18.2 Å². The van der Waals surface area contributed by atoms with Gasteiger partial charge in [-0.2, -0.15) is 0 Å². The first-order chi connectivity index (χ1) is 4.79. The molecule has 0 aromatic rings. The van der Waals surface area contributed by atoms with Crippen LogP contribution in [0.4, 0.5) is 4.79 Å². The molecule has 0 aliphatic heterocycles. The summed E-state index contributed by atoms with van der Waals surface area (Å²) in [6.07, 6.45) is 7.29. The van der Waals surface area contributed by atoms with Crippen LogP contribution in [0.2, 0.25) is 0 Å². The fourth-order valence-corrected chi connectivity index (χ4v) is 0.794. The zero-order chi connectivity index (χ0) is 7.40. The number of ether oxygens (including phenoxy) is 1. The van der Waals surface area contributed by atoms with E-state index in [9.17, 15) is 4.79 Å². The van der Waals surface area contributed by atoms with Crippen molar-refractivity contribution < 1.29 is 9.53 Å². The van der Waals surface area contributed by atoms with Crippen LogP contribution in [0.3, 0.4) is 0 Å². The van der Waals surface area contributed by atoms with Gasteiger partial charge in [0.1, 0.15) is 6.10 Å². The van der Waals surface area contributed by atoms with Gasteiger partial charge in [0.05, 0.1) is 0 Å². The van der Waals surface area contributed by atoms with Gasteiger partial charge in [-0.15, -0.1) is 0 Å². The first kappa shape index (κ1) is 6.86. The van der Waals surface area contributed by atoms with Crippen molar-refractivity contribution in [2.45, 2.75) is 12.5 Å². The second-order valence-electron chi connectivity index (χ2n) is 2.02. The smallest absolute Gasteiger partial charge is 0.405 e. The van der Waals surface area contributed by atoms with Gasteiger partial charge in [0.25, 0.3) is 0 Å². The van der Waals surface area contributed by atoms with E-state index in [2.05, 4.69) is 0 Å². The van der Waals surface area contributed by atoms with E-state index in [1.54, 1.807) is 6.08 Å². The number of rotatable bonds is 1. The quantitative estimate of drug-likeness (QED) is 0.588. The molecule has 0 fully saturated rings. The first-order valence-electron chi connectivity index (χ1n) is 3.08. The zero-order valence-corrected chi connectivity index (χ0v) is 5.49. The van der Waals surface area contributed by atoms with Gasteiger partial charge in [-0.05, 0) is 6.08 Å². The molecule has 10 heavy (non-hydrogen) atoms. The van der Waals surface area contributed by atoms with E-state index in [4.69, 9.17) is 10.5 Å². The summed E-state index contributed by atoms with van der Waals surface area (Å²) in [5, 5.41) is 0. The molecule has 0 radical (unpaired) electrons. The molecule has 0 aromatic carbocycles. The van der Waals surface area contributed by atoms with Crippen molar-refractivity contribution in [3.8, 4) is 0 Å². The standard InChI is InChI=1S/C7H9NO2/c8-7(9)10-6-4-2-1-3-5-6/h1-4,6H,5H2,(H2,8,9). The summed E-state index contributed by atoms with van der Waals surface area (Å²) in [5.74, 6) is 0. The van der Waals surface area contributed by atoms with Crippen molar-refractivity contribution in [1.29, 1.82) is 0 Å². The minimum Gasteiger partial charge on any atom is -0.442 e. The molecule has 1 aliphatic carbocycles. The number of hydrogen-bond acceptors (Lipinski definition) is 2. The summed E-state index contributed by atoms with van der Waals surface area (Å²) in [5.41, 5.74) is 4.80. The molecule has 1 unspecified atom stereocenters. The lowest BCUT2D eigenvalue weighted by molar-refractivity contribution is 0.130. The fourth-order valence-electron chi connectivity index (χ4n) is 0.794. The Morgan fingerprint density at radius 3 is 2.90 bits per heavy atom. The molecule has 1 amide bonds. The monoisotopic (exact) mass is 139 g/mol. The Morgan fingerprint density at radius 1 is 1.60 bits per heavy atom. The van der Waals surface area contributed by atoms with E-state index < -0.39 is 6.09 Å². The van der Waals surface area contributed by atoms with Crippen molar-refractivity contribution in [2.24, 2.45) is 5.73 Å². The molecule has 1 rings (SSSR count). The molecule has 0 heterocycles. The van der Waals surface area contributed by atoms with Crippen LogP contribution in [0.25, 0.3) is 0 Å². The number of amides is 1. The van der Waals surface area contributed by atoms with Gasteiger partial charge in [0, 0.05) is 6.42 Å². The molecule has 0 spiro atoms. The van der Waals surface area contributed by atoms with E-state index in [0.717, 1.165) is 6.42 Å². The lowest BCUT2D eigenvalue weighted by Gasteiger charge is -2.11. The van der Waals surface area contributed by atoms with Crippen LogP contribution in [-0.4, -0.2) is 12.2 Å². The molecule has 1 atom stereocenters. The number of primary amides is 1. The van der Waals surface area contributed by atoms with Gasteiger partial charge in [-0.3, -0.25) is 0 Å². The number of nitrogens with two attached hydrogens (primary N) is 1. The Labute approximate surface area is 59.2 Å². The second-order valence-corrected chi connectivity index (χ2v) is 2.02. The number of hydrogen-bond donors (Lipinski definition) is 1. The molecule has 2 N–H and O–H groups in total. The lowest BCUT2D eigenvalue weighted by atomic mass is 10.1. The Hall–Kier alpha value is -1.25. The highest BCUT2D eigenvalue weighted by atomic mass is 16.6. The lowest BCUT2D eigenvalue weighted by Crippen LogP contribution is -2.21. The predicted octanol–water partition coefficient (Wildman–Crippen LogP) is 0.966.